The fraction of sp³-hybridized carbons (Fsp3) is 0.556. The van der Waals surface area contributed by atoms with Crippen molar-refractivity contribution in [3.8, 4) is 0 Å². The van der Waals surface area contributed by atoms with E-state index in [1.165, 1.54) is 6.42 Å². The molecule has 1 fully saturated rings. The predicted octanol–water partition coefficient (Wildman–Crippen LogP) is 1.11. The molecule has 4 heteroatoms. The van der Waals surface area contributed by atoms with Crippen molar-refractivity contribution in [3.05, 3.63) is 12.2 Å². The molecule has 3 nitrogen and oxygen atoms in total. The van der Waals surface area contributed by atoms with Crippen LogP contribution in [-0.4, -0.2) is 17.1 Å². The molecule has 1 unspecified atom stereocenters. The molecule has 0 aromatic carbocycles. The first-order valence-corrected chi connectivity index (χ1v) is 4.93. The molecule has 1 heterocycles. The highest BCUT2D eigenvalue weighted by Gasteiger charge is 2.23. The number of hydrogen-bond acceptors (Lipinski definition) is 2. The van der Waals surface area contributed by atoms with Crippen LogP contribution in [0.4, 0.5) is 0 Å². The molecular formula is C9H14N2OS. The lowest BCUT2D eigenvalue weighted by Crippen LogP contribution is -2.26. The van der Waals surface area contributed by atoms with Crippen LogP contribution in [0.3, 0.4) is 0 Å². The van der Waals surface area contributed by atoms with Crippen LogP contribution in [0.5, 0.6) is 0 Å². The van der Waals surface area contributed by atoms with Gasteiger partial charge in [-0.1, -0.05) is 31.9 Å². The Balaban J connectivity index is 2.32. The van der Waals surface area contributed by atoms with E-state index in [1.807, 2.05) is 12.2 Å². The molecule has 0 spiro atoms. The van der Waals surface area contributed by atoms with Crippen molar-refractivity contribution in [1.82, 2.24) is 10.6 Å². The number of amides is 1. The summed E-state index contributed by atoms with van der Waals surface area (Å²) in [6, 6.07) is -0.260. The Morgan fingerprint density at radius 2 is 2.38 bits per heavy atom. The summed E-state index contributed by atoms with van der Waals surface area (Å²) in [4.78, 5) is 11.1. The van der Waals surface area contributed by atoms with Gasteiger partial charge in [-0.05, 0) is 18.6 Å². The van der Waals surface area contributed by atoms with Gasteiger partial charge < -0.3 is 10.6 Å². The Bertz CT molecular complexity index is 238. The quantitative estimate of drug-likeness (QED) is 0.404. The molecule has 2 N–H and O–H groups in total. The molecule has 1 saturated heterocycles. The minimum absolute atomic E-state index is 0.0576. The van der Waals surface area contributed by atoms with Gasteiger partial charge in [-0.3, -0.25) is 4.79 Å². The lowest BCUT2D eigenvalue weighted by atomic mass is 10.2. The monoisotopic (exact) mass is 198 g/mol. The molecule has 0 aromatic rings. The van der Waals surface area contributed by atoms with Gasteiger partial charge in [0.15, 0.2) is 5.11 Å². The second kappa shape index (κ2) is 4.97. The second-order valence-corrected chi connectivity index (χ2v) is 3.42. The van der Waals surface area contributed by atoms with E-state index in [9.17, 15) is 4.79 Å². The Morgan fingerprint density at radius 3 is 2.92 bits per heavy atom. The second-order valence-electron chi connectivity index (χ2n) is 3.01. The maximum Gasteiger partial charge on any atom is 0.252 e. The smallest absolute Gasteiger partial charge is 0.252 e. The first kappa shape index (κ1) is 10.2. The zero-order valence-electron chi connectivity index (χ0n) is 7.67. The average molecular weight is 198 g/mol. The van der Waals surface area contributed by atoms with E-state index in [4.69, 9.17) is 12.2 Å². The van der Waals surface area contributed by atoms with Crippen molar-refractivity contribution >= 4 is 23.2 Å². The number of unbranched alkanes of at least 4 members (excludes halogenated alkanes) is 2. The van der Waals surface area contributed by atoms with Crippen molar-refractivity contribution in [2.45, 2.75) is 32.2 Å². The van der Waals surface area contributed by atoms with Crippen LogP contribution in [-0.2, 0) is 4.79 Å². The third kappa shape index (κ3) is 3.14. The van der Waals surface area contributed by atoms with E-state index < -0.39 is 0 Å². The van der Waals surface area contributed by atoms with Gasteiger partial charge in [0.25, 0.3) is 5.91 Å². The highest BCUT2D eigenvalue weighted by atomic mass is 32.1. The van der Waals surface area contributed by atoms with Gasteiger partial charge in [0.1, 0.15) is 6.04 Å². The van der Waals surface area contributed by atoms with Crippen molar-refractivity contribution in [3.63, 3.8) is 0 Å². The lowest BCUT2D eigenvalue weighted by Gasteiger charge is -1.98. The van der Waals surface area contributed by atoms with Gasteiger partial charge in [0.2, 0.25) is 0 Å². The third-order valence-electron chi connectivity index (χ3n) is 1.86. The summed E-state index contributed by atoms with van der Waals surface area (Å²) >= 11 is 4.80. The predicted molar refractivity (Wildman–Crippen MR) is 56.3 cm³/mol. The molecule has 72 valence electrons. The highest BCUT2D eigenvalue weighted by molar-refractivity contribution is 7.80. The van der Waals surface area contributed by atoms with Gasteiger partial charge in [0.05, 0.1) is 0 Å². The fourth-order valence-corrected chi connectivity index (χ4v) is 1.35. The van der Waals surface area contributed by atoms with Crippen LogP contribution in [0.15, 0.2) is 12.2 Å². The van der Waals surface area contributed by atoms with Crippen molar-refractivity contribution in [2.75, 3.05) is 0 Å². The molecule has 0 aliphatic carbocycles. The molecular weight excluding hydrogens is 184 g/mol. The molecule has 1 rings (SSSR count). The zero-order chi connectivity index (χ0) is 9.68. The van der Waals surface area contributed by atoms with E-state index >= 15 is 0 Å². The van der Waals surface area contributed by atoms with E-state index in [1.54, 1.807) is 0 Å². The summed E-state index contributed by atoms with van der Waals surface area (Å²) in [5.41, 5.74) is 0. The topological polar surface area (TPSA) is 41.1 Å². The van der Waals surface area contributed by atoms with Crippen LogP contribution in [0, 0.1) is 0 Å². The van der Waals surface area contributed by atoms with Crippen LogP contribution >= 0.6 is 12.2 Å². The SMILES string of the molecule is CCCC/C=C/C1NC(=S)NC1=O. The van der Waals surface area contributed by atoms with Crippen molar-refractivity contribution in [1.29, 1.82) is 0 Å². The summed E-state index contributed by atoms with van der Waals surface area (Å²) in [6.45, 7) is 2.14. The summed E-state index contributed by atoms with van der Waals surface area (Å²) in [6.07, 6.45) is 7.25. The van der Waals surface area contributed by atoms with E-state index in [0.29, 0.717) is 5.11 Å². The van der Waals surface area contributed by atoms with E-state index in [0.717, 1.165) is 12.8 Å². The molecule has 1 amide bonds. The number of rotatable bonds is 4. The first-order valence-electron chi connectivity index (χ1n) is 4.52. The van der Waals surface area contributed by atoms with E-state index in [-0.39, 0.29) is 11.9 Å². The number of thiocarbonyl (C=S) groups is 1. The van der Waals surface area contributed by atoms with Gasteiger partial charge >= 0.3 is 0 Å². The van der Waals surface area contributed by atoms with Crippen LogP contribution in [0.2, 0.25) is 0 Å². The number of nitrogens with one attached hydrogen (secondary N) is 2. The standard InChI is InChI=1S/C9H14N2OS/c1-2-3-4-5-6-7-8(12)11-9(13)10-7/h5-7H,2-4H2,1H3,(H2,10,11,12,13)/b6-5+. The third-order valence-corrected chi connectivity index (χ3v) is 2.08. The Labute approximate surface area is 83.6 Å². The van der Waals surface area contributed by atoms with E-state index in [2.05, 4.69) is 17.6 Å². The van der Waals surface area contributed by atoms with Gasteiger partial charge in [0, 0.05) is 0 Å². The molecule has 0 radical (unpaired) electrons. The summed E-state index contributed by atoms with van der Waals surface area (Å²) in [7, 11) is 0. The molecule has 1 aliphatic rings. The maximum atomic E-state index is 11.1. The van der Waals surface area contributed by atoms with Gasteiger partial charge in [-0.25, -0.2) is 0 Å². The molecule has 1 atom stereocenters. The van der Waals surface area contributed by atoms with Gasteiger partial charge in [-0.2, -0.15) is 0 Å². The zero-order valence-corrected chi connectivity index (χ0v) is 8.49. The Morgan fingerprint density at radius 1 is 1.62 bits per heavy atom. The number of allylic oxidation sites excluding steroid dienone is 1. The van der Waals surface area contributed by atoms with Crippen LogP contribution < -0.4 is 10.6 Å². The molecule has 0 saturated carbocycles. The normalized spacial score (nSPS) is 22.1. The summed E-state index contributed by atoms with van der Waals surface area (Å²) in [5, 5.41) is 5.83. The minimum atomic E-state index is -0.260. The fourth-order valence-electron chi connectivity index (χ4n) is 1.12. The van der Waals surface area contributed by atoms with Crippen molar-refractivity contribution in [2.24, 2.45) is 0 Å². The van der Waals surface area contributed by atoms with Crippen LogP contribution in [0.25, 0.3) is 0 Å². The number of hydrogen-bond donors (Lipinski definition) is 2. The molecule has 0 aromatic heterocycles. The van der Waals surface area contributed by atoms with Crippen molar-refractivity contribution < 1.29 is 4.79 Å². The highest BCUT2D eigenvalue weighted by Crippen LogP contribution is 1.99. The largest absolute Gasteiger partial charge is 0.347 e. The number of carbonyl (C=O) groups is 1. The summed E-state index contributed by atoms with van der Waals surface area (Å²) in [5.74, 6) is -0.0576. The Hall–Kier alpha value is -0.900. The molecule has 1 aliphatic heterocycles. The van der Waals surface area contributed by atoms with Gasteiger partial charge in [-0.15, -0.1) is 0 Å². The maximum absolute atomic E-state index is 11.1. The molecule has 13 heavy (non-hydrogen) atoms. The average Bonchev–Trinajstić information content (AvgIpc) is 2.39. The van der Waals surface area contributed by atoms with Crippen LogP contribution in [0.1, 0.15) is 26.2 Å². The molecule has 0 bridgehead atoms. The Kier molecular flexibility index (Phi) is 3.89. The lowest BCUT2D eigenvalue weighted by molar-refractivity contribution is -0.119. The summed E-state index contributed by atoms with van der Waals surface area (Å²) < 4.78 is 0. The number of carbonyl (C=O) groups excluding carboxylic acids is 1. The minimum Gasteiger partial charge on any atom is -0.347 e. The first-order chi connectivity index (χ1) is 6.24.